The first-order valence-corrected chi connectivity index (χ1v) is 9.90. The minimum atomic E-state index is -3.67. The third kappa shape index (κ3) is 3.95. The van der Waals surface area contributed by atoms with E-state index in [0.29, 0.717) is 11.2 Å². The fourth-order valence-electron chi connectivity index (χ4n) is 3.43. The molecule has 0 fully saturated rings. The number of ether oxygens (including phenoxy) is 1. The van der Waals surface area contributed by atoms with Gasteiger partial charge in [0.2, 0.25) is 5.95 Å². The second-order valence-electron chi connectivity index (χ2n) is 7.37. The topological polar surface area (TPSA) is 98.6 Å². The number of hydrogen-bond donors (Lipinski definition) is 2. The third-order valence-corrected chi connectivity index (χ3v) is 5.33. The number of nitrogen functional groups attached to an aromatic ring is 1. The van der Waals surface area contributed by atoms with Crippen molar-refractivity contribution < 1.29 is 27.4 Å². The Kier molecular flexibility index (Phi) is 5.66. The van der Waals surface area contributed by atoms with Gasteiger partial charge in [0, 0.05) is 36.1 Å². The van der Waals surface area contributed by atoms with Gasteiger partial charge in [-0.25, -0.2) is 22.1 Å². The molecule has 3 aromatic heterocycles. The highest BCUT2D eigenvalue weighted by atomic mass is 19.3. The Bertz CT molecular complexity index is 1300. The molecule has 0 bridgehead atoms. The normalized spacial score (nSPS) is 13.8. The largest absolute Gasteiger partial charge is 0.484 e. The molecular formula is C22H19F4N5O2. The van der Waals surface area contributed by atoms with Crippen LogP contribution in [0.2, 0.25) is 0 Å². The molecule has 0 amide bonds. The Morgan fingerprint density at radius 1 is 1.18 bits per heavy atom. The molecule has 0 saturated carbocycles. The van der Waals surface area contributed by atoms with E-state index >= 15 is 4.39 Å². The van der Waals surface area contributed by atoms with Crippen LogP contribution in [-0.4, -0.2) is 37.2 Å². The van der Waals surface area contributed by atoms with Crippen molar-refractivity contribution in [2.75, 3.05) is 12.3 Å². The summed E-state index contributed by atoms with van der Waals surface area (Å²) in [6, 6.07) is 7.69. The van der Waals surface area contributed by atoms with E-state index in [1.165, 1.54) is 54.2 Å². The van der Waals surface area contributed by atoms with Gasteiger partial charge in [0.1, 0.15) is 6.61 Å². The van der Waals surface area contributed by atoms with Crippen molar-refractivity contribution in [3.63, 3.8) is 0 Å². The van der Waals surface area contributed by atoms with E-state index < -0.39 is 41.9 Å². The second-order valence-corrected chi connectivity index (χ2v) is 7.37. The number of hydrogen-bond acceptors (Lipinski definition) is 6. The number of alkyl halides is 2. The molecule has 4 rings (SSSR count). The van der Waals surface area contributed by atoms with Crippen LogP contribution in [0.5, 0.6) is 5.75 Å². The Morgan fingerprint density at radius 3 is 2.67 bits per heavy atom. The highest BCUT2D eigenvalue weighted by Gasteiger charge is 2.53. The van der Waals surface area contributed by atoms with Gasteiger partial charge < -0.3 is 15.6 Å². The molecule has 172 valence electrons. The lowest BCUT2D eigenvalue weighted by molar-refractivity contribution is -0.203. The molecular weight excluding hydrogens is 442 g/mol. The zero-order valence-electron chi connectivity index (χ0n) is 17.3. The molecule has 11 heteroatoms. The van der Waals surface area contributed by atoms with Crippen LogP contribution in [0.25, 0.3) is 16.8 Å². The van der Waals surface area contributed by atoms with Crippen molar-refractivity contribution in [1.82, 2.24) is 19.6 Å². The van der Waals surface area contributed by atoms with Gasteiger partial charge in [0.05, 0.1) is 0 Å². The lowest BCUT2D eigenvalue weighted by Gasteiger charge is -2.35. The van der Waals surface area contributed by atoms with E-state index in [4.69, 9.17) is 10.5 Å². The number of fused-ring (bicyclic) bond motifs is 1. The first-order valence-electron chi connectivity index (χ1n) is 9.90. The van der Waals surface area contributed by atoms with E-state index in [-0.39, 0.29) is 17.1 Å². The van der Waals surface area contributed by atoms with Gasteiger partial charge in [-0.1, -0.05) is 13.0 Å². The number of anilines is 1. The molecule has 1 aromatic carbocycles. The van der Waals surface area contributed by atoms with E-state index in [2.05, 4.69) is 15.1 Å². The molecule has 7 nitrogen and oxygen atoms in total. The summed E-state index contributed by atoms with van der Waals surface area (Å²) in [5.41, 5.74) is 2.99. The lowest BCUT2D eigenvalue weighted by atomic mass is 9.87. The quantitative estimate of drug-likeness (QED) is 0.404. The number of benzene rings is 1. The van der Waals surface area contributed by atoms with Crippen LogP contribution in [-0.2, 0) is 5.60 Å². The summed E-state index contributed by atoms with van der Waals surface area (Å²) in [5, 5.41) is 14.8. The molecule has 1 atom stereocenters. The van der Waals surface area contributed by atoms with Gasteiger partial charge in [-0.05, 0) is 35.9 Å². The monoisotopic (exact) mass is 461 g/mol. The number of aliphatic hydroxyl groups is 1. The number of rotatable bonds is 7. The summed E-state index contributed by atoms with van der Waals surface area (Å²) >= 11 is 0. The summed E-state index contributed by atoms with van der Waals surface area (Å²) in [7, 11) is 0. The van der Waals surface area contributed by atoms with Crippen molar-refractivity contribution in [1.29, 1.82) is 0 Å². The summed E-state index contributed by atoms with van der Waals surface area (Å²) in [4.78, 5) is 7.74. The van der Waals surface area contributed by atoms with Crippen molar-refractivity contribution >= 4 is 11.6 Å². The molecule has 0 saturated heterocycles. The lowest BCUT2D eigenvalue weighted by Crippen LogP contribution is -2.49. The third-order valence-electron chi connectivity index (χ3n) is 5.33. The molecule has 0 radical (unpaired) electrons. The second kappa shape index (κ2) is 8.32. The van der Waals surface area contributed by atoms with Crippen LogP contribution in [0.1, 0.15) is 18.9 Å². The van der Waals surface area contributed by atoms with E-state index in [1.54, 1.807) is 0 Å². The van der Waals surface area contributed by atoms with Crippen molar-refractivity contribution in [2.24, 2.45) is 0 Å². The van der Waals surface area contributed by atoms with Crippen LogP contribution in [0.15, 0.2) is 55.0 Å². The first-order chi connectivity index (χ1) is 15.7. The Labute approximate surface area is 185 Å². The summed E-state index contributed by atoms with van der Waals surface area (Å²) in [6.07, 6.45) is 3.14. The fraction of sp³-hybridized carbons (Fsp3) is 0.227. The van der Waals surface area contributed by atoms with Crippen LogP contribution < -0.4 is 10.5 Å². The highest BCUT2D eigenvalue weighted by Crippen LogP contribution is 2.41. The van der Waals surface area contributed by atoms with Gasteiger partial charge in [-0.2, -0.15) is 4.98 Å². The molecule has 0 aliphatic heterocycles. The molecule has 3 N–H and O–H groups in total. The Morgan fingerprint density at radius 2 is 1.97 bits per heavy atom. The van der Waals surface area contributed by atoms with Crippen molar-refractivity contribution in [3.8, 4) is 16.9 Å². The van der Waals surface area contributed by atoms with E-state index in [0.717, 1.165) is 12.3 Å². The van der Waals surface area contributed by atoms with Crippen LogP contribution in [0, 0.1) is 11.6 Å². The molecule has 0 spiro atoms. The Hall–Kier alpha value is -3.73. The predicted octanol–water partition coefficient (Wildman–Crippen LogP) is 3.96. The molecule has 0 aliphatic rings. The number of aromatic nitrogens is 4. The molecule has 4 aromatic rings. The molecule has 3 heterocycles. The van der Waals surface area contributed by atoms with Crippen LogP contribution >= 0.6 is 0 Å². The number of pyridine rings is 2. The zero-order chi connectivity index (χ0) is 23.8. The van der Waals surface area contributed by atoms with Gasteiger partial charge in [0.15, 0.2) is 28.6 Å². The summed E-state index contributed by atoms with van der Waals surface area (Å²) in [6.45, 7) is 0.0626. The van der Waals surface area contributed by atoms with E-state index in [9.17, 15) is 18.3 Å². The SMILES string of the molecule is CCC(F)(F)C(O)(COc1c(F)ccc(-c2ccn3nc(N)nc3c2)c1F)c1cccnc1. The minimum absolute atomic E-state index is 0.0160. The highest BCUT2D eigenvalue weighted by molar-refractivity contribution is 5.69. The van der Waals surface area contributed by atoms with Gasteiger partial charge >= 0.3 is 0 Å². The maximum atomic E-state index is 15.3. The smallest absolute Gasteiger partial charge is 0.283 e. The molecule has 0 aliphatic carbocycles. The molecule has 33 heavy (non-hydrogen) atoms. The standard InChI is InChI=1S/C22H19F4N5O2/c1-2-22(25,26)21(32,14-4-3-8-28-11-14)12-33-19-16(23)6-5-15(18(19)24)13-7-9-31-17(10-13)29-20(27)30-31/h3-11,32H,2,12H2,1H3,(H2,27,30). The summed E-state index contributed by atoms with van der Waals surface area (Å²) in [5.74, 6) is -6.79. The average Bonchev–Trinajstić information content (AvgIpc) is 3.18. The number of nitrogens with zero attached hydrogens (tertiary/aromatic N) is 4. The predicted molar refractivity (Wildman–Crippen MR) is 112 cm³/mol. The summed E-state index contributed by atoms with van der Waals surface area (Å²) < 4.78 is 65.7. The number of halogens is 4. The maximum absolute atomic E-state index is 15.3. The zero-order valence-corrected chi connectivity index (χ0v) is 17.3. The average molecular weight is 461 g/mol. The first kappa shape index (κ1) is 22.5. The Balaban J connectivity index is 1.71. The molecule has 1 unspecified atom stereocenters. The van der Waals surface area contributed by atoms with Gasteiger partial charge in [-0.3, -0.25) is 4.98 Å². The van der Waals surface area contributed by atoms with Crippen molar-refractivity contribution in [3.05, 3.63) is 72.2 Å². The van der Waals surface area contributed by atoms with Gasteiger partial charge in [-0.15, -0.1) is 5.10 Å². The van der Waals surface area contributed by atoms with Crippen LogP contribution in [0.3, 0.4) is 0 Å². The fourth-order valence-corrected chi connectivity index (χ4v) is 3.43. The minimum Gasteiger partial charge on any atom is -0.484 e. The van der Waals surface area contributed by atoms with E-state index in [1.807, 2.05) is 0 Å². The van der Waals surface area contributed by atoms with Crippen LogP contribution in [0.4, 0.5) is 23.5 Å². The number of nitrogens with two attached hydrogens (primary N) is 1. The van der Waals surface area contributed by atoms with Crippen molar-refractivity contribution in [2.45, 2.75) is 24.9 Å². The maximum Gasteiger partial charge on any atom is 0.283 e. The van der Waals surface area contributed by atoms with Gasteiger partial charge in [0.25, 0.3) is 5.92 Å².